The number of sulfone groups is 1. The number of urea groups is 1. The minimum Gasteiger partial charge on any atom is -0.377 e. The summed E-state index contributed by atoms with van der Waals surface area (Å²) in [6.45, 7) is 3.95. The summed E-state index contributed by atoms with van der Waals surface area (Å²) >= 11 is 0. The molecule has 1 aliphatic heterocycles. The van der Waals surface area contributed by atoms with E-state index in [4.69, 9.17) is 14.7 Å². The maximum atomic E-state index is 12.8. The average molecular weight is 500 g/mol. The van der Waals surface area contributed by atoms with Crippen molar-refractivity contribution in [3.8, 4) is 11.4 Å². The third-order valence-electron chi connectivity index (χ3n) is 7.55. The lowest BCUT2D eigenvalue weighted by Gasteiger charge is -2.40. The molecule has 35 heavy (non-hydrogen) atoms. The van der Waals surface area contributed by atoms with Crippen LogP contribution in [0.4, 0.5) is 16.3 Å². The number of carbonyl (C=O) groups is 1. The minimum absolute atomic E-state index is 0.121. The molecule has 2 heterocycles. The van der Waals surface area contributed by atoms with Crippen molar-refractivity contribution in [2.45, 2.75) is 62.3 Å². The van der Waals surface area contributed by atoms with Gasteiger partial charge >= 0.3 is 6.03 Å². The standard InChI is InChI=1S/C25H33N5O4S/c1-17-16-34-14-13-30(17)22-15-21(25(11-4-12-25)35(2,32)33)28-23(29-22)18-7-9-20(10-8-18)27-24(31)26-19-5-3-6-19/h7-10,15,17,19H,3-6,11-14,16H2,1-2H3,(H2,26,27,31)/t17-/m0/s1. The molecule has 2 aliphatic carbocycles. The predicted octanol–water partition coefficient (Wildman–Crippen LogP) is 3.47. The molecular formula is C25H33N5O4S. The van der Waals surface area contributed by atoms with Crippen molar-refractivity contribution in [1.82, 2.24) is 15.3 Å². The van der Waals surface area contributed by atoms with Crippen LogP contribution in [0.25, 0.3) is 11.4 Å². The molecule has 2 aromatic rings. The molecule has 5 rings (SSSR count). The number of nitrogens with one attached hydrogen (secondary N) is 2. The molecule has 0 bridgehead atoms. The first-order valence-corrected chi connectivity index (χ1v) is 14.3. The van der Waals surface area contributed by atoms with Gasteiger partial charge in [-0.15, -0.1) is 0 Å². The average Bonchev–Trinajstić information content (AvgIpc) is 2.75. The van der Waals surface area contributed by atoms with Gasteiger partial charge in [-0.05, 0) is 69.7 Å². The fourth-order valence-electron chi connectivity index (χ4n) is 4.93. The van der Waals surface area contributed by atoms with E-state index < -0.39 is 14.6 Å². The first kappa shape index (κ1) is 24.0. The molecule has 2 amide bonds. The van der Waals surface area contributed by atoms with Crippen molar-refractivity contribution in [1.29, 1.82) is 0 Å². The largest absolute Gasteiger partial charge is 0.377 e. The molecule has 2 saturated carbocycles. The lowest BCUT2D eigenvalue weighted by molar-refractivity contribution is 0.0985. The maximum Gasteiger partial charge on any atom is 0.319 e. The summed E-state index contributed by atoms with van der Waals surface area (Å²) < 4.78 is 30.3. The molecule has 2 N–H and O–H groups in total. The Balaban J connectivity index is 1.46. The van der Waals surface area contributed by atoms with Gasteiger partial charge in [-0.2, -0.15) is 0 Å². The Labute approximate surface area is 206 Å². The van der Waals surface area contributed by atoms with Crippen molar-refractivity contribution >= 4 is 27.4 Å². The molecule has 3 fully saturated rings. The summed E-state index contributed by atoms with van der Waals surface area (Å²) in [5.74, 6) is 1.20. The highest BCUT2D eigenvalue weighted by Gasteiger charge is 2.49. The van der Waals surface area contributed by atoms with E-state index in [-0.39, 0.29) is 18.1 Å². The van der Waals surface area contributed by atoms with Gasteiger partial charge in [-0.1, -0.05) is 0 Å². The van der Waals surface area contributed by atoms with Crippen molar-refractivity contribution in [2.24, 2.45) is 0 Å². The maximum absolute atomic E-state index is 12.8. The highest BCUT2D eigenvalue weighted by Crippen LogP contribution is 2.48. The summed E-state index contributed by atoms with van der Waals surface area (Å²) in [4.78, 5) is 24.0. The quantitative estimate of drug-likeness (QED) is 0.626. The van der Waals surface area contributed by atoms with Gasteiger partial charge in [-0.25, -0.2) is 23.2 Å². The Kier molecular flexibility index (Phi) is 6.43. The normalized spacial score (nSPS) is 22.1. The monoisotopic (exact) mass is 499 g/mol. The number of hydrogen-bond acceptors (Lipinski definition) is 7. The van der Waals surface area contributed by atoms with Gasteiger partial charge in [0.15, 0.2) is 15.7 Å². The number of amides is 2. The van der Waals surface area contributed by atoms with E-state index in [1.165, 1.54) is 6.26 Å². The molecule has 1 aromatic carbocycles. The van der Waals surface area contributed by atoms with Crippen LogP contribution in [0.5, 0.6) is 0 Å². The second-order valence-electron chi connectivity index (χ2n) is 9.98. The number of benzene rings is 1. The first-order chi connectivity index (χ1) is 16.7. The summed E-state index contributed by atoms with van der Waals surface area (Å²) in [7, 11) is -3.36. The number of ether oxygens (including phenoxy) is 1. The van der Waals surface area contributed by atoms with Crippen LogP contribution in [0.3, 0.4) is 0 Å². The van der Waals surface area contributed by atoms with Gasteiger partial charge < -0.3 is 20.3 Å². The molecular weight excluding hydrogens is 466 g/mol. The molecule has 9 nitrogen and oxygen atoms in total. The molecule has 0 radical (unpaired) electrons. The van der Waals surface area contributed by atoms with Gasteiger partial charge in [0.25, 0.3) is 0 Å². The molecule has 1 atom stereocenters. The Morgan fingerprint density at radius 1 is 1.14 bits per heavy atom. The van der Waals surface area contributed by atoms with Gasteiger partial charge in [0.05, 0.1) is 24.9 Å². The molecule has 1 aromatic heterocycles. The number of morpholine rings is 1. The summed E-state index contributed by atoms with van der Waals surface area (Å²) in [5.41, 5.74) is 2.00. The van der Waals surface area contributed by atoms with E-state index >= 15 is 0 Å². The number of aromatic nitrogens is 2. The second kappa shape index (κ2) is 9.39. The van der Waals surface area contributed by atoms with Crippen molar-refractivity contribution in [2.75, 3.05) is 36.2 Å². The number of hydrogen-bond donors (Lipinski definition) is 2. The van der Waals surface area contributed by atoms with E-state index in [0.29, 0.717) is 49.8 Å². The molecule has 188 valence electrons. The van der Waals surface area contributed by atoms with Gasteiger partial charge in [0, 0.05) is 36.2 Å². The highest BCUT2D eigenvalue weighted by atomic mass is 32.2. The second-order valence-corrected chi connectivity index (χ2v) is 12.3. The first-order valence-electron chi connectivity index (χ1n) is 12.4. The van der Waals surface area contributed by atoms with Crippen molar-refractivity contribution in [3.05, 3.63) is 36.0 Å². The fourth-order valence-corrected chi connectivity index (χ4v) is 6.45. The van der Waals surface area contributed by atoms with Crippen LogP contribution in [0.15, 0.2) is 30.3 Å². The topological polar surface area (TPSA) is 114 Å². The van der Waals surface area contributed by atoms with E-state index in [1.54, 1.807) is 0 Å². The van der Waals surface area contributed by atoms with Crippen molar-refractivity contribution < 1.29 is 17.9 Å². The number of anilines is 2. The van der Waals surface area contributed by atoms with Crippen LogP contribution in [-0.2, 0) is 19.3 Å². The summed E-state index contributed by atoms with van der Waals surface area (Å²) in [6, 6.07) is 9.39. The lowest BCUT2D eigenvalue weighted by Crippen LogP contribution is -2.45. The zero-order valence-electron chi connectivity index (χ0n) is 20.3. The smallest absolute Gasteiger partial charge is 0.319 e. The van der Waals surface area contributed by atoms with Crippen LogP contribution in [0, 0.1) is 0 Å². The fraction of sp³-hybridized carbons (Fsp3) is 0.560. The minimum atomic E-state index is -3.36. The number of carbonyl (C=O) groups excluding carboxylic acids is 1. The molecule has 10 heteroatoms. The Morgan fingerprint density at radius 2 is 1.89 bits per heavy atom. The highest BCUT2D eigenvalue weighted by molar-refractivity contribution is 7.91. The molecule has 3 aliphatic rings. The molecule has 0 spiro atoms. The molecule has 0 unspecified atom stereocenters. The number of nitrogens with zero attached hydrogens (tertiary/aromatic N) is 3. The van der Waals surface area contributed by atoms with Crippen LogP contribution < -0.4 is 15.5 Å². The van der Waals surface area contributed by atoms with Gasteiger partial charge in [0.2, 0.25) is 0 Å². The SMILES string of the molecule is C[C@H]1COCCN1c1cc(C2(S(C)(=O)=O)CCC2)nc(-c2ccc(NC(=O)NC3CCC3)cc2)n1. The van der Waals surface area contributed by atoms with E-state index in [9.17, 15) is 13.2 Å². The Bertz CT molecular complexity index is 1190. The zero-order chi connectivity index (χ0) is 24.6. The zero-order valence-corrected chi connectivity index (χ0v) is 21.1. The van der Waals surface area contributed by atoms with E-state index in [0.717, 1.165) is 37.1 Å². The van der Waals surface area contributed by atoms with Gasteiger partial charge in [-0.3, -0.25) is 0 Å². The van der Waals surface area contributed by atoms with Crippen LogP contribution in [0.1, 0.15) is 51.1 Å². The third kappa shape index (κ3) is 4.73. The number of rotatable bonds is 6. The van der Waals surface area contributed by atoms with E-state index in [2.05, 4.69) is 22.5 Å². The van der Waals surface area contributed by atoms with E-state index in [1.807, 2.05) is 30.3 Å². The van der Waals surface area contributed by atoms with Crippen LogP contribution in [0.2, 0.25) is 0 Å². The Morgan fingerprint density at radius 3 is 2.46 bits per heavy atom. The van der Waals surface area contributed by atoms with Crippen LogP contribution >= 0.6 is 0 Å². The summed E-state index contributed by atoms with van der Waals surface area (Å²) in [6.07, 6.45) is 6.51. The molecule has 1 saturated heterocycles. The third-order valence-corrected chi connectivity index (χ3v) is 9.59. The lowest BCUT2D eigenvalue weighted by atomic mass is 9.81. The van der Waals surface area contributed by atoms with Crippen LogP contribution in [-0.4, -0.2) is 62.5 Å². The predicted molar refractivity (Wildman–Crippen MR) is 135 cm³/mol. The summed E-state index contributed by atoms with van der Waals surface area (Å²) in [5, 5.41) is 5.83. The van der Waals surface area contributed by atoms with Crippen molar-refractivity contribution in [3.63, 3.8) is 0 Å². The Hall–Kier alpha value is -2.72. The van der Waals surface area contributed by atoms with Gasteiger partial charge in [0.1, 0.15) is 10.6 Å².